The Morgan fingerprint density at radius 2 is 2.21 bits per heavy atom. The number of nitrogens with zero attached hydrogens (tertiary/aromatic N) is 3. The van der Waals surface area contributed by atoms with Crippen LogP contribution in [0.3, 0.4) is 0 Å². The van der Waals surface area contributed by atoms with E-state index < -0.39 is 0 Å². The molecule has 0 radical (unpaired) electrons. The molecule has 4 rings (SSSR count). The number of aromatic nitrogens is 3. The molecule has 0 aromatic carbocycles. The molecule has 3 aromatic heterocycles. The Hall–Kier alpha value is -2.31. The van der Waals surface area contributed by atoms with Crippen LogP contribution in [0, 0.1) is 0 Å². The van der Waals surface area contributed by atoms with Crippen LogP contribution < -0.4 is 10.6 Å². The molecule has 0 fully saturated rings. The number of thiophene rings is 1. The number of hydrogen-bond acceptors (Lipinski definition) is 6. The summed E-state index contributed by atoms with van der Waals surface area (Å²) in [6, 6.07) is 8.45. The van der Waals surface area contributed by atoms with Gasteiger partial charge < -0.3 is 10.6 Å². The van der Waals surface area contributed by atoms with Gasteiger partial charge >= 0.3 is 0 Å². The van der Waals surface area contributed by atoms with Crippen molar-refractivity contribution in [3.05, 3.63) is 58.2 Å². The Morgan fingerprint density at radius 3 is 2.96 bits per heavy atom. The van der Waals surface area contributed by atoms with E-state index in [1.807, 2.05) is 18.3 Å². The normalized spacial score (nSPS) is 14.4. The predicted octanol–water partition coefficient (Wildman–Crippen LogP) is 3.77. The lowest BCUT2D eigenvalue weighted by atomic mass is 10.1. The van der Waals surface area contributed by atoms with E-state index >= 15 is 0 Å². The van der Waals surface area contributed by atoms with E-state index in [4.69, 9.17) is 9.97 Å². The van der Waals surface area contributed by atoms with Gasteiger partial charge in [0.2, 0.25) is 0 Å². The van der Waals surface area contributed by atoms with E-state index in [9.17, 15) is 0 Å². The zero-order chi connectivity index (χ0) is 16.4. The summed E-state index contributed by atoms with van der Waals surface area (Å²) in [7, 11) is 0. The minimum atomic E-state index is 0.270. The van der Waals surface area contributed by atoms with E-state index in [1.54, 1.807) is 17.5 Å². The molecule has 2 N–H and O–H groups in total. The van der Waals surface area contributed by atoms with E-state index in [2.05, 4.69) is 40.1 Å². The van der Waals surface area contributed by atoms with Gasteiger partial charge in [0.05, 0.1) is 11.7 Å². The maximum absolute atomic E-state index is 4.81. The van der Waals surface area contributed by atoms with Crippen molar-refractivity contribution in [2.75, 3.05) is 5.32 Å². The van der Waals surface area contributed by atoms with Gasteiger partial charge in [-0.2, -0.15) is 0 Å². The molecule has 0 unspecified atom stereocenters. The van der Waals surface area contributed by atoms with Crippen molar-refractivity contribution < 1.29 is 0 Å². The molecule has 1 aliphatic rings. The van der Waals surface area contributed by atoms with Crippen LogP contribution in [0.15, 0.2) is 42.0 Å². The maximum Gasteiger partial charge on any atom is 0.163 e. The van der Waals surface area contributed by atoms with Crippen LogP contribution in [0.4, 0.5) is 5.82 Å². The number of rotatable bonds is 5. The highest BCUT2D eigenvalue weighted by Crippen LogP contribution is 2.30. The largest absolute Gasteiger partial charge is 0.362 e. The third kappa shape index (κ3) is 2.90. The second-order valence-corrected chi connectivity index (χ2v) is 6.77. The lowest BCUT2D eigenvalue weighted by molar-refractivity contribution is 0.747. The average Bonchev–Trinajstić information content (AvgIpc) is 3.31. The fourth-order valence-corrected chi connectivity index (χ4v) is 3.80. The highest BCUT2D eigenvalue weighted by atomic mass is 32.1. The summed E-state index contributed by atoms with van der Waals surface area (Å²) in [5, 5.41) is 9.14. The van der Waals surface area contributed by atoms with Gasteiger partial charge in [0, 0.05) is 41.5 Å². The Kier molecular flexibility index (Phi) is 4.23. The summed E-state index contributed by atoms with van der Waals surface area (Å²) < 4.78 is 0. The van der Waals surface area contributed by atoms with Crippen molar-refractivity contribution in [1.82, 2.24) is 20.3 Å². The van der Waals surface area contributed by atoms with Crippen molar-refractivity contribution in [1.29, 1.82) is 0 Å². The van der Waals surface area contributed by atoms with Gasteiger partial charge in [0.1, 0.15) is 5.82 Å². The minimum Gasteiger partial charge on any atom is -0.362 e. The number of pyridine rings is 1. The topological polar surface area (TPSA) is 62.7 Å². The summed E-state index contributed by atoms with van der Waals surface area (Å²) in [4.78, 5) is 15.1. The Labute approximate surface area is 145 Å². The van der Waals surface area contributed by atoms with Crippen LogP contribution in [0.1, 0.15) is 35.5 Å². The Morgan fingerprint density at radius 1 is 1.25 bits per heavy atom. The lowest BCUT2D eigenvalue weighted by Crippen LogP contribution is -2.13. The van der Waals surface area contributed by atoms with E-state index in [1.165, 1.54) is 10.4 Å². The van der Waals surface area contributed by atoms with Gasteiger partial charge in [0.25, 0.3) is 0 Å². The molecule has 4 heterocycles. The molecule has 6 heteroatoms. The summed E-state index contributed by atoms with van der Waals surface area (Å²) in [5.74, 6) is 1.66. The molecule has 3 aromatic rings. The summed E-state index contributed by atoms with van der Waals surface area (Å²) in [6.07, 6.45) is 4.58. The summed E-state index contributed by atoms with van der Waals surface area (Å²) in [5.41, 5.74) is 3.20. The number of hydrogen-bond donors (Lipinski definition) is 2. The quantitative estimate of drug-likeness (QED) is 0.742. The van der Waals surface area contributed by atoms with Crippen molar-refractivity contribution in [3.63, 3.8) is 0 Å². The number of fused-ring (bicyclic) bond motifs is 1. The van der Waals surface area contributed by atoms with Crippen molar-refractivity contribution >= 4 is 17.2 Å². The second-order valence-electron chi connectivity index (χ2n) is 5.79. The van der Waals surface area contributed by atoms with Gasteiger partial charge in [-0.1, -0.05) is 13.0 Å². The maximum atomic E-state index is 4.81. The summed E-state index contributed by atoms with van der Waals surface area (Å²) in [6.45, 7) is 3.79. The first-order chi connectivity index (χ1) is 11.8. The van der Waals surface area contributed by atoms with Crippen LogP contribution in [-0.2, 0) is 13.1 Å². The highest BCUT2D eigenvalue weighted by molar-refractivity contribution is 7.10. The van der Waals surface area contributed by atoms with Gasteiger partial charge in [-0.05, 0) is 30.0 Å². The zero-order valence-corrected chi connectivity index (χ0v) is 14.3. The Balaban J connectivity index is 1.73. The molecule has 0 bridgehead atoms. The number of nitrogens with one attached hydrogen (secondary N) is 2. The zero-order valence-electron chi connectivity index (χ0n) is 13.5. The van der Waals surface area contributed by atoms with Crippen LogP contribution >= 0.6 is 11.3 Å². The Bertz CT molecular complexity index is 817. The molecule has 24 heavy (non-hydrogen) atoms. The molecule has 122 valence electrons. The summed E-state index contributed by atoms with van der Waals surface area (Å²) >= 11 is 1.78. The first-order valence-electron chi connectivity index (χ1n) is 8.16. The van der Waals surface area contributed by atoms with E-state index in [0.717, 1.165) is 42.4 Å². The molecule has 1 aliphatic heterocycles. The predicted molar refractivity (Wildman–Crippen MR) is 96.8 cm³/mol. The molecule has 0 saturated carbocycles. The van der Waals surface area contributed by atoms with Crippen LogP contribution in [0.25, 0.3) is 11.4 Å². The molecular formula is C18H19N5S. The fraction of sp³-hybridized carbons (Fsp3) is 0.278. The molecule has 0 aliphatic carbocycles. The van der Waals surface area contributed by atoms with Crippen LogP contribution in [0.5, 0.6) is 0 Å². The smallest absolute Gasteiger partial charge is 0.163 e. The van der Waals surface area contributed by atoms with Crippen molar-refractivity contribution in [2.24, 2.45) is 0 Å². The molecule has 0 saturated heterocycles. The van der Waals surface area contributed by atoms with Gasteiger partial charge in [-0.25, -0.2) is 9.97 Å². The van der Waals surface area contributed by atoms with Crippen LogP contribution in [0.2, 0.25) is 0 Å². The van der Waals surface area contributed by atoms with Crippen molar-refractivity contribution in [3.8, 4) is 11.4 Å². The number of anilines is 1. The van der Waals surface area contributed by atoms with Gasteiger partial charge in [-0.3, -0.25) is 4.98 Å². The van der Waals surface area contributed by atoms with E-state index in [-0.39, 0.29) is 6.04 Å². The highest BCUT2D eigenvalue weighted by Gasteiger charge is 2.22. The first-order valence-corrected chi connectivity index (χ1v) is 9.04. The first kappa shape index (κ1) is 15.2. The second kappa shape index (κ2) is 6.67. The lowest BCUT2D eigenvalue weighted by Gasteiger charge is -2.19. The molecular weight excluding hydrogens is 318 g/mol. The van der Waals surface area contributed by atoms with Crippen molar-refractivity contribution in [2.45, 2.75) is 32.5 Å². The third-order valence-electron chi connectivity index (χ3n) is 4.21. The molecule has 5 nitrogen and oxygen atoms in total. The van der Waals surface area contributed by atoms with Crippen LogP contribution in [-0.4, -0.2) is 15.0 Å². The van der Waals surface area contributed by atoms with E-state index in [0.29, 0.717) is 0 Å². The molecule has 0 spiro atoms. The average molecular weight is 337 g/mol. The van der Waals surface area contributed by atoms with Gasteiger partial charge in [0.15, 0.2) is 5.82 Å². The fourth-order valence-electron chi connectivity index (χ4n) is 2.94. The monoisotopic (exact) mass is 337 g/mol. The molecule has 1 atom stereocenters. The minimum absolute atomic E-state index is 0.270. The third-order valence-corrected chi connectivity index (χ3v) is 5.20. The molecule has 0 amide bonds. The SMILES string of the molecule is CC[C@H](Nc1nc(-c2cccnc2)nc2c1CNC2)c1cccs1. The standard InChI is InChI=1S/C18H19N5S/c1-2-14(16-6-4-8-24-16)21-18-13-10-20-11-15(13)22-17(23-18)12-5-3-7-19-9-12/h3-9,14,20H,2,10-11H2,1H3,(H,21,22,23)/t14-/m0/s1. The van der Waals surface area contributed by atoms with Gasteiger partial charge in [-0.15, -0.1) is 11.3 Å².